The number of aliphatic hydroxyl groups is 9. The fourth-order valence-electron chi connectivity index (χ4n) is 6.32. The fraction of sp³-hybridized carbons (Fsp3) is 0.710. The Labute approximate surface area is 310 Å². The van der Waals surface area contributed by atoms with Crippen molar-refractivity contribution in [3.8, 4) is 5.75 Å². The number of amides is 2. The second-order valence-corrected chi connectivity index (χ2v) is 13.1. The number of carbonyl (C=O) groups excluding carboxylic acids is 2. The molecule has 2 amide bonds. The summed E-state index contributed by atoms with van der Waals surface area (Å²) in [5, 5.41) is 121. The molecule has 0 aromatic heterocycles. The molecule has 310 valence electrons. The highest BCUT2D eigenvalue weighted by molar-refractivity contribution is 5.76. The molecule has 0 unspecified atom stereocenters. The standard InChI is InChI=1S/C31H45N3O21/c1-11(37)32-19-15(39)7-31(30(46)47,55-27(19)21(41)16(40)8-35)50-10-18-22(42)24(44)25(45)29(53-18)54-26-17(9-36)52-28(20(23(26)43)33-12(2)38)51-14-5-3-13(4-6-14)34(48)49/h3-6,15-29,35-36,39-45H,7-10H2,1-2H3,(H,32,37)(H,33,38)(H,46,47)/t15-,16+,17+,18+,19+,20+,21+,22-,23+,24-,25+,26+,27+,28+,29-,31+/m0/s1. The number of carboxylic acids is 1. The van der Waals surface area contributed by atoms with Crippen molar-refractivity contribution in [2.75, 3.05) is 19.8 Å². The average molecular weight is 796 g/mol. The van der Waals surface area contributed by atoms with E-state index >= 15 is 0 Å². The molecule has 3 heterocycles. The number of aliphatic hydroxyl groups excluding tert-OH is 9. The minimum absolute atomic E-state index is 0.00448. The Hall–Kier alpha value is -3.73. The molecule has 1 aromatic rings. The molecule has 12 N–H and O–H groups in total. The number of ether oxygens (including phenoxy) is 6. The van der Waals surface area contributed by atoms with Crippen molar-refractivity contribution in [2.45, 2.75) is 118 Å². The van der Waals surface area contributed by atoms with E-state index in [4.69, 9.17) is 28.4 Å². The molecule has 3 saturated heterocycles. The number of hydrogen-bond acceptors (Lipinski definition) is 20. The molecule has 0 radical (unpaired) electrons. The van der Waals surface area contributed by atoms with Crippen LogP contribution >= 0.6 is 0 Å². The van der Waals surface area contributed by atoms with Gasteiger partial charge in [-0.3, -0.25) is 19.7 Å². The number of carboxylic acid groups (broad SMARTS) is 1. The molecule has 0 bridgehead atoms. The van der Waals surface area contributed by atoms with Crippen LogP contribution in [0.2, 0.25) is 0 Å². The molecule has 0 aliphatic carbocycles. The van der Waals surface area contributed by atoms with Gasteiger partial charge in [0.2, 0.25) is 18.1 Å². The van der Waals surface area contributed by atoms with E-state index < -0.39 is 147 Å². The molecule has 0 spiro atoms. The van der Waals surface area contributed by atoms with Gasteiger partial charge in [-0.15, -0.1) is 0 Å². The summed E-state index contributed by atoms with van der Waals surface area (Å²) in [5.41, 5.74) is -0.266. The van der Waals surface area contributed by atoms with Gasteiger partial charge in [0.15, 0.2) is 6.29 Å². The van der Waals surface area contributed by atoms with Crippen molar-refractivity contribution in [3.63, 3.8) is 0 Å². The maximum absolute atomic E-state index is 12.6. The van der Waals surface area contributed by atoms with E-state index in [0.717, 1.165) is 26.0 Å². The zero-order valence-electron chi connectivity index (χ0n) is 29.2. The number of hydrogen-bond donors (Lipinski definition) is 12. The third kappa shape index (κ3) is 9.99. The van der Waals surface area contributed by atoms with E-state index in [1.54, 1.807) is 0 Å². The van der Waals surface area contributed by atoms with Gasteiger partial charge >= 0.3 is 5.97 Å². The number of nitro benzene ring substituents is 1. The molecule has 16 atom stereocenters. The van der Waals surface area contributed by atoms with Crippen molar-refractivity contribution >= 4 is 23.5 Å². The van der Waals surface area contributed by atoms with Gasteiger partial charge < -0.3 is 90.1 Å². The summed E-state index contributed by atoms with van der Waals surface area (Å²) < 4.78 is 33.9. The van der Waals surface area contributed by atoms with E-state index in [2.05, 4.69) is 10.6 Å². The topological polar surface area (TPSA) is 376 Å². The van der Waals surface area contributed by atoms with Crippen LogP contribution in [-0.4, -0.2) is 191 Å². The van der Waals surface area contributed by atoms with Gasteiger partial charge in [-0.1, -0.05) is 0 Å². The van der Waals surface area contributed by atoms with Crippen LogP contribution in [0.3, 0.4) is 0 Å². The van der Waals surface area contributed by atoms with Crippen molar-refractivity contribution < 1.29 is 98.8 Å². The molecule has 3 fully saturated rings. The van der Waals surface area contributed by atoms with Crippen molar-refractivity contribution in [1.29, 1.82) is 0 Å². The third-order valence-corrected chi connectivity index (χ3v) is 9.15. The lowest BCUT2D eigenvalue weighted by molar-refractivity contribution is -0.384. The second kappa shape index (κ2) is 18.5. The van der Waals surface area contributed by atoms with Crippen LogP contribution in [0.15, 0.2) is 24.3 Å². The molecule has 24 nitrogen and oxygen atoms in total. The first-order valence-electron chi connectivity index (χ1n) is 16.8. The van der Waals surface area contributed by atoms with E-state index in [0.29, 0.717) is 0 Å². The highest BCUT2D eigenvalue weighted by atomic mass is 16.8. The van der Waals surface area contributed by atoms with E-state index in [1.165, 1.54) is 12.1 Å². The van der Waals surface area contributed by atoms with E-state index in [9.17, 15) is 75.6 Å². The third-order valence-electron chi connectivity index (χ3n) is 9.15. The first-order valence-corrected chi connectivity index (χ1v) is 16.8. The monoisotopic (exact) mass is 795 g/mol. The highest BCUT2D eigenvalue weighted by Gasteiger charge is 2.57. The van der Waals surface area contributed by atoms with Gasteiger partial charge in [0.25, 0.3) is 11.5 Å². The molecule has 4 rings (SSSR count). The Balaban J connectivity index is 1.54. The molecule has 1 aromatic carbocycles. The van der Waals surface area contributed by atoms with Crippen LogP contribution in [-0.2, 0) is 38.1 Å². The van der Waals surface area contributed by atoms with Crippen LogP contribution in [0.25, 0.3) is 0 Å². The van der Waals surface area contributed by atoms with Crippen LogP contribution in [0, 0.1) is 10.1 Å². The van der Waals surface area contributed by atoms with Crippen LogP contribution in [0.1, 0.15) is 20.3 Å². The van der Waals surface area contributed by atoms with E-state index in [1.807, 2.05) is 0 Å². The largest absolute Gasteiger partial charge is 0.477 e. The first kappa shape index (κ1) is 44.0. The smallest absolute Gasteiger partial charge is 0.364 e. The zero-order chi connectivity index (χ0) is 40.9. The average Bonchev–Trinajstić information content (AvgIpc) is 3.13. The van der Waals surface area contributed by atoms with Crippen LogP contribution < -0.4 is 15.4 Å². The minimum atomic E-state index is -2.88. The number of benzene rings is 1. The summed E-state index contributed by atoms with van der Waals surface area (Å²) >= 11 is 0. The minimum Gasteiger partial charge on any atom is -0.477 e. The lowest BCUT2D eigenvalue weighted by Gasteiger charge is -2.48. The SMILES string of the molecule is CC(=O)N[C@H]1[C@H](Oc2ccc([N+](=O)[O-])cc2)O[C@H](CO)[C@@H](O[C@@H]2O[C@H](CO[C@]3(C(=O)O)C[C@H](O)[C@@H](NC(C)=O)[C@H]([C@H](O)[C@H](O)CO)O3)[C@H](O)[C@H](O)[C@H]2O)[C@@H]1O. The fourth-order valence-corrected chi connectivity index (χ4v) is 6.32. The van der Waals surface area contributed by atoms with Crippen LogP contribution in [0.5, 0.6) is 5.75 Å². The Morgan fingerprint density at radius 1 is 0.909 bits per heavy atom. The number of aliphatic carboxylic acids is 1. The van der Waals surface area contributed by atoms with Gasteiger partial charge in [0.05, 0.1) is 36.9 Å². The van der Waals surface area contributed by atoms with Gasteiger partial charge in [-0.05, 0) is 12.1 Å². The van der Waals surface area contributed by atoms with Gasteiger partial charge in [0.1, 0.15) is 72.8 Å². The Morgan fingerprint density at radius 3 is 2.05 bits per heavy atom. The van der Waals surface area contributed by atoms with Gasteiger partial charge in [-0.25, -0.2) is 4.79 Å². The quantitative estimate of drug-likeness (QED) is 0.0580. The Morgan fingerprint density at radius 2 is 1.51 bits per heavy atom. The number of non-ortho nitro benzene ring substituents is 1. The van der Waals surface area contributed by atoms with Crippen molar-refractivity contribution in [2.24, 2.45) is 0 Å². The van der Waals surface area contributed by atoms with Crippen LogP contribution in [0.4, 0.5) is 5.69 Å². The predicted octanol–water partition coefficient (Wildman–Crippen LogP) is -6.08. The maximum atomic E-state index is 12.6. The Bertz CT molecular complexity index is 1490. The molecule has 3 aliphatic rings. The number of nitrogens with zero attached hydrogens (tertiary/aromatic N) is 1. The summed E-state index contributed by atoms with van der Waals surface area (Å²) in [5.74, 6) is -6.20. The maximum Gasteiger partial charge on any atom is 0.364 e. The second-order valence-electron chi connectivity index (χ2n) is 13.1. The first-order chi connectivity index (χ1) is 25.8. The zero-order valence-corrected chi connectivity index (χ0v) is 29.2. The van der Waals surface area contributed by atoms with Gasteiger partial charge in [0, 0.05) is 32.4 Å². The summed E-state index contributed by atoms with van der Waals surface area (Å²) in [6.07, 6.45) is -25.2. The molecular weight excluding hydrogens is 750 g/mol. The molecular formula is C31H45N3O21. The molecule has 55 heavy (non-hydrogen) atoms. The highest BCUT2D eigenvalue weighted by Crippen LogP contribution is 2.36. The number of nitrogens with one attached hydrogen (secondary N) is 2. The molecule has 0 saturated carbocycles. The summed E-state index contributed by atoms with van der Waals surface area (Å²) in [4.78, 5) is 46.8. The predicted molar refractivity (Wildman–Crippen MR) is 173 cm³/mol. The summed E-state index contributed by atoms with van der Waals surface area (Å²) in [7, 11) is 0. The molecule has 24 heteroatoms. The van der Waals surface area contributed by atoms with E-state index in [-0.39, 0.29) is 11.4 Å². The van der Waals surface area contributed by atoms with Gasteiger partial charge in [-0.2, -0.15) is 0 Å². The summed E-state index contributed by atoms with van der Waals surface area (Å²) in [6.45, 7) is -0.786. The number of nitro groups is 1. The number of carbonyl (C=O) groups is 3. The Kier molecular flexibility index (Phi) is 14.8. The lowest BCUT2D eigenvalue weighted by Crippen LogP contribution is -2.69. The lowest BCUT2D eigenvalue weighted by atomic mass is 9.88. The summed E-state index contributed by atoms with van der Waals surface area (Å²) in [6, 6.07) is 1.69. The van der Waals surface area contributed by atoms with Crippen molar-refractivity contribution in [1.82, 2.24) is 10.6 Å². The number of rotatable bonds is 15. The van der Waals surface area contributed by atoms with Crippen molar-refractivity contribution in [3.05, 3.63) is 34.4 Å². The molecule has 3 aliphatic heterocycles. The normalized spacial score (nSPS) is 37.6.